The predicted octanol–water partition coefficient (Wildman–Crippen LogP) is 2.89. The van der Waals surface area contributed by atoms with E-state index in [1.54, 1.807) is 30.7 Å². The molecule has 138 valence electrons. The number of anilines is 1. The summed E-state index contributed by atoms with van der Waals surface area (Å²) in [6.45, 7) is 4.18. The Kier molecular flexibility index (Phi) is 5.25. The van der Waals surface area contributed by atoms with Crippen molar-refractivity contribution >= 4 is 18.2 Å². The van der Waals surface area contributed by atoms with Crippen LogP contribution in [0.25, 0.3) is 11.4 Å². The van der Waals surface area contributed by atoms with Gasteiger partial charge < -0.3 is 15.9 Å². The van der Waals surface area contributed by atoms with E-state index in [0.717, 1.165) is 11.9 Å². The number of aromatic nitrogens is 4. The average molecular weight is 364 g/mol. The minimum absolute atomic E-state index is 0.108. The van der Waals surface area contributed by atoms with Crippen molar-refractivity contribution in [2.24, 2.45) is 0 Å². The standard InChI is InChI=1S/C19H20N6O2/c1-12(2)25-16(5-6-24-25)19-15(22-7-8-23-19)11-27-17-4-3-13(9-20)18(21)14(17)10-26/h3-10,12,20H,11,21H2,1-2H3. The van der Waals surface area contributed by atoms with Crippen LogP contribution in [0.2, 0.25) is 0 Å². The minimum Gasteiger partial charge on any atom is -0.486 e. The zero-order valence-corrected chi connectivity index (χ0v) is 15.1. The van der Waals surface area contributed by atoms with E-state index in [1.165, 1.54) is 0 Å². The molecule has 0 unspecified atom stereocenters. The van der Waals surface area contributed by atoms with Crippen LogP contribution in [-0.4, -0.2) is 32.2 Å². The first-order valence-corrected chi connectivity index (χ1v) is 8.41. The number of carbonyl (C=O) groups is 1. The van der Waals surface area contributed by atoms with Crippen molar-refractivity contribution < 1.29 is 9.53 Å². The third kappa shape index (κ3) is 3.55. The fourth-order valence-electron chi connectivity index (χ4n) is 2.75. The predicted molar refractivity (Wildman–Crippen MR) is 102 cm³/mol. The third-order valence-corrected chi connectivity index (χ3v) is 4.09. The molecule has 1 aromatic carbocycles. The lowest BCUT2D eigenvalue weighted by atomic mass is 10.1. The molecule has 3 rings (SSSR count). The number of ether oxygens (including phenoxy) is 1. The van der Waals surface area contributed by atoms with E-state index < -0.39 is 0 Å². The van der Waals surface area contributed by atoms with Crippen molar-refractivity contribution in [3.63, 3.8) is 0 Å². The summed E-state index contributed by atoms with van der Waals surface area (Å²) in [6.07, 6.45) is 6.65. The fraction of sp³-hybridized carbons (Fsp3) is 0.211. The van der Waals surface area contributed by atoms with Crippen molar-refractivity contribution in [1.82, 2.24) is 19.7 Å². The monoisotopic (exact) mass is 364 g/mol. The minimum atomic E-state index is 0.108. The zero-order chi connectivity index (χ0) is 19.4. The Morgan fingerprint density at radius 1 is 1.22 bits per heavy atom. The first kappa shape index (κ1) is 18.2. The zero-order valence-electron chi connectivity index (χ0n) is 15.1. The second kappa shape index (κ2) is 7.77. The molecule has 0 aliphatic carbocycles. The van der Waals surface area contributed by atoms with Crippen molar-refractivity contribution in [2.45, 2.75) is 26.5 Å². The molecule has 8 nitrogen and oxygen atoms in total. The van der Waals surface area contributed by atoms with Crippen molar-refractivity contribution in [2.75, 3.05) is 5.73 Å². The van der Waals surface area contributed by atoms with Gasteiger partial charge in [-0.05, 0) is 32.0 Å². The summed E-state index contributed by atoms with van der Waals surface area (Å²) < 4.78 is 7.68. The first-order valence-electron chi connectivity index (χ1n) is 8.41. The molecule has 0 radical (unpaired) electrons. The summed E-state index contributed by atoms with van der Waals surface area (Å²) in [5.74, 6) is 0.335. The fourth-order valence-corrected chi connectivity index (χ4v) is 2.75. The van der Waals surface area contributed by atoms with Gasteiger partial charge in [-0.25, -0.2) is 0 Å². The van der Waals surface area contributed by atoms with Gasteiger partial charge in [-0.1, -0.05) is 0 Å². The van der Waals surface area contributed by atoms with Gasteiger partial charge in [0.25, 0.3) is 0 Å². The summed E-state index contributed by atoms with van der Waals surface area (Å²) >= 11 is 0. The molecule has 0 atom stereocenters. The Bertz CT molecular complexity index is 980. The van der Waals surface area contributed by atoms with Crippen molar-refractivity contribution in [1.29, 1.82) is 5.41 Å². The quantitative estimate of drug-likeness (QED) is 0.378. The number of nitrogens with zero attached hydrogens (tertiary/aromatic N) is 4. The van der Waals surface area contributed by atoms with Crippen LogP contribution in [0.4, 0.5) is 5.69 Å². The smallest absolute Gasteiger partial charge is 0.155 e. The van der Waals surface area contributed by atoms with Crippen molar-refractivity contribution in [3.8, 4) is 17.1 Å². The van der Waals surface area contributed by atoms with Crippen molar-refractivity contribution in [3.05, 3.63) is 53.6 Å². The van der Waals surface area contributed by atoms with Gasteiger partial charge in [-0.2, -0.15) is 5.10 Å². The maximum absolute atomic E-state index is 11.4. The van der Waals surface area contributed by atoms with Crippen LogP contribution >= 0.6 is 0 Å². The third-order valence-electron chi connectivity index (χ3n) is 4.09. The number of benzene rings is 1. The number of nitrogens with one attached hydrogen (secondary N) is 1. The van der Waals surface area contributed by atoms with E-state index in [0.29, 0.717) is 29.0 Å². The van der Waals surface area contributed by atoms with Gasteiger partial charge in [0.2, 0.25) is 0 Å². The van der Waals surface area contributed by atoms with Crippen LogP contribution in [0.15, 0.2) is 36.8 Å². The molecular formula is C19H20N6O2. The number of nitrogen functional groups attached to an aromatic ring is 1. The summed E-state index contributed by atoms with van der Waals surface area (Å²) in [4.78, 5) is 20.2. The highest BCUT2D eigenvalue weighted by Crippen LogP contribution is 2.28. The molecule has 3 N–H and O–H groups in total. The summed E-state index contributed by atoms with van der Waals surface area (Å²) in [5.41, 5.74) is 8.95. The molecule has 0 bridgehead atoms. The molecule has 0 aliphatic heterocycles. The van der Waals surface area contributed by atoms with E-state index in [1.807, 2.05) is 24.6 Å². The van der Waals surface area contributed by atoms with E-state index >= 15 is 0 Å². The Hall–Kier alpha value is -3.55. The topological polar surface area (TPSA) is 120 Å². The summed E-state index contributed by atoms with van der Waals surface area (Å²) in [6, 6.07) is 5.30. The van der Waals surface area contributed by atoms with Crippen LogP contribution in [0.1, 0.15) is 41.5 Å². The normalized spacial score (nSPS) is 10.8. The molecule has 2 heterocycles. The molecule has 2 aromatic heterocycles. The summed E-state index contributed by atoms with van der Waals surface area (Å²) in [7, 11) is 0. The lowest BCUT2D eigenvalue weighted by molar-refractivity contribution is 0.112. The average Bonchev–Trinajstić information content (AvgIpc) is 3.16. The Morgan fingerprint density at radius 2 is 2.00 bits per heavy atom. The maximum atomic E-state index is 11.4. The SMILES string of the molecule is CC(C)n1nccc1-c1nccnc1COc1ccc(C=N)c(N)c1C=O. The first-order chi connectivity index (χ1) is 13.1. The molecule has 0 amide bonds. The Balaban J connectivity index is 1.93. The molecule has 0 saturated carbocycles. The van der Waals surface area contributed by atoms with Crippen LogP contribution in [0.5, 0.6) is 5.75 Å². The molecule has 8 heteroatoms. The Morgan fingerprint density at radius 3 is 2.70 bits per heavy atom. The van der Waals surface area contributed by atoms with Gasteiger partial charge in [-0.3, -0.25) is 19.4 Å². The molecule has 0 saturated heterocycles. The van der Waals surface area contributed by atoms with E-state index in [2.05, 4.69) is 15.1 Å². The van der Waals surface area contributed by atoms with E-state index in [9.17, 15) is 4.79 Å². The number of nitrogens with two attached hydrogens (primary N) is 1. The molecule has 0 fully saturated rings. The van der Waals surface area contributed by atoms with Gasteiger partial charge in [0.1, 0.15) is 23.7 Å². The van der Waals surface area contributed by atoms with Crippen LogP contribution < -0.4 is 10.5 Å². The van der Waals surface area contributed by atoms with Gasteiger partial charge >= 0.3 is 0 Å². The molecule has 0 aliphatic rings. The number of carbonyl (C=O) groups excluding carboxylic acids is 1. The highest BCUT2D eigenvalue weighted by atomic mass is 16.5. The van der Waals surface area contributed by atoms with Gasteiger partial charge in [0, 0.05) is 36.4 Å². The second-order valence-electron chi connectivity index (χ2n) is 6.14. The number of hydrogen-bond donors (Lipinski definition) is 2. The van der Waals surface area contributed by atoms with Crippen LogP contribution in [0, 0.1) is 5.41 Å². The molecular weight excluding hydrogens is 344 g/mol. The van der Waals surface area contributed by atoms with Crippen LogP contribution in [-0.2, 0) is 6.61 Å². The molecule has 3 aromatic rings. The van der Waals surface area contributed by atoms with E-state index in [-0.39, 0.29) is 23.9 Å². The summed E-state index contributed by atoms with van der Waals surface area (Å²) in [5, 5.41) is 11.7. The number of aldehydes is 1. The van der Waals surface area contributed by atoms with E-state index in [4.69, 9.17) is 15.9 Å². The maximum Gasteiger partial charge on any atom is 0.155 e. The second-order valence-corrected chi connectivity index (χ2v) is 6.14. The molecule has 27 heavy (non-hydrogen) atoms. The number of rotatable bonds is 7. The lowest BCUT2D eigenvalue weighted by Gasteiger charge is -2.14. The van der Waals surface area contributed by atoms with Crippen LogP contribution in [0.3, 0.4) is 0 Å². The van der Waals surface area contributed by atoms with Gasteiger partial charge in [0.05, 0.1) is 16.9 Å². The molecule has 0 spiro atoms. The lowest BCUT2D eigenvalue weighted by Crippen LogP contribution is -2.09. The number of hydrogen-bond acceptors (Lipinski definition) is 7. The van der Waals surface area contributed by atoms with Gasteiger partial charge in [-0.15, -0.1) is 0 Å². The largest absolute Gasteiger partial charge is 0.486 e. The highest BCUT2D eigenvalue weighted by Gasteiger charge is 2.16. The Labute approximate surface area is 156 Å². The highest BCUT2D eigenvalue weighted by molar-refractivity contribution is 5.96. The van der Waals surface area contributed by atoms with Gasteiger partial charge in [0.15, 0.2) is 6.29 Å².